The van der Waals surface area contributed by atoms with Crippen molar-refractivity contribution in [1.29, 1.82) is 0 Å². The number of pyridine rings is 1. The molecule has 176 valence electrons. The van der Waals surface area contributed by atoms with Crippen LogP contribution < -0.4 is 4.74 Å². The van der Waals surface area contributed by atoms with Gasteiger partial charge in [-0.1, -0.05) is 48.5 Å². The molecule has 0 N–H and O–H groups in total. The van der Waals surface area contributed by atoms with E-state index in [9.17, 15) is 4.79 Å². The van der Waals surface area contributed by atoms with Gasteiger partial charge in [-0.2, -0.15) is 0 Å². The summed E-state index contributed by atoms with van der Waals surface area (Å²) in [5.74, 6) is 1.78. The van der Waals surface area contributed by atoms with E-state index in [0.29, 0.717) is 30.3 Å². The SMILES string of the molecule is Cc1oc(-c2ccccc2)nc1CCOc1ccnc2c1ccn2CC(=O)OCc1ccccc1. The van der Waals surface area contributed by atoms with Gasteiger partial charge < -0.3 is 18.5 Å². The number of hydrogen-bond donors (Lipinski definition) is 0. The smallest absolute Gasteiger partial charge is 0.326 e. The van der Waals surface area contributed by atoms with E-state index in [4.69, 9.17) is 13.9 Å². The van der Waals surface area contributed by atoms with Crippen molar-refractivity contribution < 1.29 is 18.7 Å². The van der Waals surface area contributed by atoms with Gasteiger partial charge in [0.25, 0.3) is 0 Å². The van der Waals surface area contributed by atoms with Crippen LogP contribution in [0.2, 0.25) is 0 Å². The highest BCUT2D eigenvalue weighted by Gasteiger charge is 2.14. The third-order valence-corrected chi connectivity index (χ3v) is 5.67. The molecule has 7 nitrogen and oxygen atoms in total. The Morgan fingerprint density at radius 3 is 2.57 bits per heavy atom. The van der Waals surface area contributed by atoms with E-state index in [1.165, 1.54) is 0 Å². The Kier molecular flexibility index (Phi) is 6.57. The maximum Gasteiger partial charge on any atom is 0.326 e. The quantitative estimate of drug-likeness (QED) is 0.271. The van der Waals surface area contributed by atoms with Crippen molar-refractivity contribution in [2.24, 2.45) is 0 Å². The van der Waals surface area contributed by atoms with E-state index in [2.05, 4.69) is 9.97 Å². The fraction of sp³-hybridized carbons (Fsp3) is 0.179. The average Bonchev–Trinajstić information content (AvgIpc) is 3.48. The van der Waals surface area contributed by atoms with Crippen molar-refractivity contribution in [3.05, 3.63) is 102 Å². The summed E-state index contributed by atoms with van der Waals surface area (Å²) in [6.45, 7) is 2.67. The van der Waals surface area contributed by atoms with Gasteiger partial charge in [0.05, 0.1) is 17.7 Å². The van der Waals surface area contributed by atoms with E-state index < -0.39 is 0 Å². The fourth-order valence-electron chi connectivity index (χ4n) is 3.86. The van der Waals surface area contributed by atoms with Gasteiger partial charge in [-0.05, 0) is 36.8 Å². The summed E-state index contributed by atoms with van der Waals surface area (Å²) >= 11 is 0. The van der Waals surface area contributed by atoms with Gasteiger partial charge in [0, 0.05) is 24.4 Å². The Hall–Kier alpha value is -4.39. The number of oxazole rings is 1. The fourth-order valence-corrected chi connectivity index (χ4v) is 3.86. The highest BCUT2D eigenvalue weighted by atomic mass is 16.5. The minimum Gasteiger partial charge on any atom is -0.492 e. The van der Waals surface area contributed by atoms with E-state index in [1.807, 2.05) is 85.9 Å². The van der Waals surface area contributed by atoms with Crippen LogP contribution in [0, 0.1) is 6.92 Å². The predicted octanol–water partition coefficient (Wildman–Crippen LogP) is 5.36. The first-order valence-electron chi connectivity index (χ1n) is 11.5. The van der Waals surface area contributed by atoms with Gasteiger partial charge >= 0.3 is 5.97 Å². The molecule has 0 aliphatic heterocycles. The summed E-state index contributed by atoms with van der Waals surface area (Å²) < 4.78 is 19.1. The minimum atomic E-state index is -0.324. The van der Waals surface area contributed by atoms with Crippen molar-refractivity contribution in [1.82, 2.24) is 14.5 Å². The molecule has 0 atom stereocenters. The maximum absolute atomic E-state index is 12.4. The van der Waals surface area contributed by atoms with Gasteiger partial charge in [-0.25, -0.2) is 9.97 Å². The van der Waals surface area contributed by atoms with E-state index in [0.717, 1.165) is 28.0 Å². The Morgan fingerprint density at radius 2 is 1.77 bits per heavy atom. The Balaban J connectivity index is 1.21. The molecule has 0 aliphatic rings. The second-order valence-corrected chi connectivity index (χ2v) is 8.12. The number of nitrogens with zero attached hydrogens (tertiary/aromatic N) is 3. The molecule has 0 saturated carbocycles. The lowest BCUT2D eigenvalue weighted by Gasteiger charge is -2.08. The number of benzene rings is 2. The summed E-state index contributed by atoms with van der Waals surface area (Å²) in [7, 11) is 0. The molecule has 2 aromatic carbocycles. The monoisotopic (exact) mass is 467 g/mol. The molecule has 0 unspecified atom stereocenters. The third-order valence-electron chi connectivity index (χ3n) is 5.67. The van der Waals surface area contributed by atoms with Gasteiger partial charge in [-0.15, -0.1) is 0 Å². The molecule has 0 amide bonds. The lowest BCUT2D eigenvalue weighted by atomic mass is 10.2. The second-order valence-electron chi connectivity index (χ2n) is 8.12. The topological polar surface area (TPSA) is 79.4 Å². The zero-order chi connectivity index (χ0) is 24.0. The number of fused-ring (bicyclic) bond motifs is 1. The Labute approximate surface area is 203 Å². The summed E-state index contributed by atoms with van der Waals surface area (Å²) in [6.07, 6.45) is 4.11. The number of esters is 1. The molecule has 0 fully saturated rings. The minimum absolute atomic E-state index is 0.0766. The number of aryl methyl sites for hydroxylation is 1. The van der Waals surface area contributed by atoms with Crippen molar-refractivity contribution in [2.45, 2.75) is 26.5 Å². The zero-order valence-corrected chi connectivity index (χ0v) is 19.4. The highest BCUT2D eigenvalue weighted by Crippen LogP contribution is 2.26. The number of carbonyl (C=O) groups is 1. The molecule has 5 aromatic rings. The number of aromatic nitrogens is 3. The molecule has 0 bridgehead atoms. The first-order chi connectivity index (χ1) is 17.2. The Bertz CT molecular complexity index is 1420. The molecule has 0 radical (unpaired) electrons. The van der Waals surface area contributed by atoms with Crippen LogP contribution in [0.25, 0.3) is 22.5 Å². The summed E-state index contributed by atoms with van der Waals surface area (Å²) in [6, 6.07) is 23.2. The standard InChI is InChI=1S/C28H25N3O4/c1-20-24(30-28(35-20)22-10-6-3-7-11-22)14-17-33-25-12-15-29-27-23(25)13-16-31(27)18-26(32)34-19-21-8-4-2-5-9-21/h2-13,15-16H,14,17-19H2,1H3. The maximum atomic E-state index is 12.4. The molecule has 0 aliphatic carbocycles. The van der Waals surface area contributed by atoms with Gasteiger partial charge in [0.2, 0.25) is 5.89 Å². The molecular formula is C28H25N3O4. The predicted molar refractivity (Wildman–Crippen MR) is 132 cm³/mol. The molecule has 5 rings (SSSR count). The van der Waals surface area contributed by atoms with Crippen molar-refractivity contribution in [3.8, 4) is 17.2 Å². The normalized spacial score (nSPS) is 11.0. The molecule has 0 saturated heterocycles. The zero-order valence-electron chi connectivity index (χ0n) is 19.4. The van der Waals surface area contributed by atoms with E-state index in [1.54, 1.807) is 10.8 Å². The van der Waals surface area contributed by atoms with Gasteiger partial charge in [0.15, 0.2) is 0 Å². The lowest BCUT2D eigenvalue weighted by molar-refractivity contribution is -0.145. The van der Waals surface area contributed by atoms with Crippen molar-refractivity contribution >= 4 is 17.0 Å². The molecule has 3 aromatic heterocycles. The Morgan fingerprint density at radius 1 is 1.00 bits per heavy atom. The third kappa shape index (κ3) is 5.24. The average molecular weight is 468 g/mol. The van der Waals surface area contributed by atoms with Crippen LogP contribution in [0.15, 0.2) is 89.6 Å². The van der Waals surface area contributed by atoms with E-state index in [-0.39, 0.29) is 19.1 Å². The first-order valence-corrected chi connectivity index (χ1v) is 11.5. The van der Waals surface area contributed by atoms with Gasteiger partial charge in [0.1, 0.15) is 30.3 Å². The van der Waals surface area contributed by atoms with E-state index >= 15 is 0 Å². The van der Waals surface area contributed by atoms with Gasteiger partial charge in [-0.3, -0.25) is 4.79 Å². The van der Waals surface area contributed by atoms with Crippen LogP contribution in [0.4, 0.5) is 0 Å². The lowest BCUT2D eigenvalue weighted by Crippen LogP contribution is -2.13. The second kappa shape index (κ2) is 10.3. The summed E-state index contributed by atoms with van der Waals surface area (Å²) in [5, 5.41) is 0.838. The highest BCUT2D eigenvalue weighted by molar-refractivity contribution is 5.84. The van der Waals surface area contributed by atoms with Crippen LogP contribution in [0.1, 0.15) is 17.0 Å². The molecule has 35 heavy (non-hydrogen) atoms. The van der Waals surface area contributed by atoms with Crippen LogP contribution in [0.5, 0.6) is 5.75 Å². The number of carbonyl (C=O) groups excluding carboxylic acids is 1. The number of rotatable bonds is 9. The van der Waals surface area contributed by atoms with Crippen LogP contribution in [-0.2, 0) is 29.1 Å². The number of hydrogen-bond acceptors (Lipinski definition) is 6. The first kappa shape index (κ1) is 22.4. The molecule has 0 spiro atoms. The van der Waals surface area contributed by atoms with Crippen LogP contribution >= 0.6 is 0 Å². The van der Waals surface area contributed by atoms with Crippen molar-refractivity contribution in [2.75, 3.05) is 6.61 Å². The molecule has 3 heterocycles. The molecular weight excluding hydrogens is 442 g/mol. The number of ether oxygens (including phenoxy) is 2. The summed E-state index contributed by atoms with van der Waals surface area (Å²) in [4.78, 5) is 21.4. The molecule has 7 heteroatoms. The van der Waals surface area contributed by atoms with Crippen LogP contribution in [-0.4, -0.2) is 27.1 Å². The largest absolute Gasteiger partial charge is 0.492 e. The summed E-state index contributed by atoms with van der Waals surface area (Å²) in [5.41, 5.74) is 3.43. The van der Waals surface area contributed by atoms with Crippen LogP contribution in [0.3, 0.4) is 0 Å². The van der Waals surface area contributed by atoms with Crippen molar-refractivity contribution in [3.63, 3.8) is 0 Å².